The number of thiophene rings is 1. The second-order valence-corrected chi connectivity index (χ2v) is 10.1. The van der Waals surface area contributed by atoms with Crippen LogP contribution in [0.1, 0.15) is 22.7 Å². The van der Waals surface area contributed by atoms with Crippen molar-refractivity contribution in [3.8, 4) is 0 Å². The minimum atomic E-state index is -0.0110. The summed E-state index contributed by atoms with van der Waals surface area (Å²) in [5.41, 5.74) is 3.29. The Morgan fingerprint density at radius 1 is 1.03 bits per heavy atom. The van der Waals surface area contributed by atoms with E-state index in [1.807, 2.05) is 18.3 Å². The molecule has 4 heterocycles. The van der Waals surface area contributed by atoms with Gasteiger partial charge in [-0.25, -0.2) is 0 Å². The largest absolute Gasteiger partial charge is 0.378 e. The molecular formula is C22H21BrN4OS2. The number of rotatable bonds is 4. The highest BCUT2D eigenvalue weighted by molar-refractivity contribution is 9.11. The molecule has 3 aromatic rings. The Hall–Kier alpha value is -2.00. The van der Waals surface area contributed by atoms with Gasteiger partial charge in [0, 0.05) is 35.5 Å². The van der Waals surface area contributed by atoms with E-state index in [9.17, 15) is 0 Å². The average molecular weight is 501 g/mol. The van der Waals surface area contributed by atoms with Crippen LogP contribution in [0, 0.1) is 0 Å². The van der Waals surface area contributed by atoms with Gasteiger partial charge in [0.25, 0.3) is 0 Å². The van der Waals surface area contributed by atoms with Crippen molar-refractivity contribution >= 4 is 56.0 Å². The van der Waals surface area contributed by atoms with Crippen LogP contribution in [-0.2, 0) is 4.74 Å². The van der Waals surface area contributed by atoms with Crippen LogP contribution in [0.5, 0.6) is 0 Å². The van der Waals surface area contributed by atoms with Crippen LogP contribution in [0.15, 0.2) is 64.6 Å². The Kier molecular flexibility index (Phi) is 5.73. The second kappa shape index (κ2) is 8.63. The van der Waals surface area contributed by atoms with Gasteiger partial charge in [-0.3, -0.25) is 4.98 Å². The fraction of sp³-hybridized carbons (Fsp3) is 0.273. The lowest BCUT2D eigenvalue weighted by Crippen LogP contribution is -2.36. The van der Waals surface area contributed by atoms with E-state index in [4.69, 9.17) is 17.0 Å². The first kappa shape index (κ1) is 19.9. The number of hydrogen-bond donors (Lipinski definition) is 1. The van der Waals surface area contributed by atoms with Crippen molar-refractivity contribution in [2.75, 3.05) is 36.1 Å². The van der Waals surface area contributed by atoms with Crippen LogP contribution in [0.2, 0.25) is 0 Å². The molecule has 0 unspecified atom stereocenters. The van der Waals surface area contributed by atoms with Crippen molar-refractivity contribution in [3.63, 3.8) is 0 Å². The highest BCUT2D eigenvalue weighted by atomic mass is 79.9. The van der Waals surface area contributed by atoms with Crippen LogP contribution >= 0.6 is 39.5 Å². The van der Waals surface area contributed by atoms with E-state index in [0.29, 0.717) is 0 Å². The molecule has 0 bridgehead atoms. The quantitative estimate of drug-likeness (QED) is 0.512. The summed E-state index contributed by atoms with van der Waals surface area (Å²) < 4.78 is 6.58. The van der Waals surface area contributed by atoms with Crippen LogP contribution in [-0.4, -0.2) is 36.4 Å². The monoisotopic (exact) mass is 500 g/mol. The van der Waals surface area contributed by atoms with Crippen molar-refractivity contribution in [1.29, 1.82) is 0 Å². The van der Waals surface area contributed by atoms with Crippen LogP contribution < -0.4 is 15.1 Å². The smallest absolute Gasteiger partial charge is 0.174 e. The van der Waals surface area contributed by atoms with Crippen molar-refractivity contribution in [2.24, 2.45) is 0 Å². The average Bonchev–Trinajstić information content (AvgIpc) is 3.38. The molecule has 0 spiro atoms. The summed E-state index contributed by atoms with van der Waals surface area (Å²) in [6, 6.07) is 19.0. The lowest BCUT2D eigenvalue weighted by atomic mass is 10.0. The number of anilines is 2. The van der Waals surface area contributed by atoms with Crippen molar-refractivity contribution in [3.05, 3.63) is 75.2 Å². The number of pyridine rings is 1. The maximum Gasteiger partial charge on any atom is 0.174 e. The molecule has 2 aliphatic rings. The minimum Gasteiger partial charge on any atom is -0.378 e. The first-order valence-corrected chi connectivity index (χ1v) is 11.9. The number of hydrogen-bond acceptors (Lipinski definition) is 5. The zero-order valence-corrected chi connectivity index (χ0v) is 19.4. The van der Waals surface area contributed by atoms with E-state index in [-0.39, 0.29) is 12.1 Å². The molecule has 2 atom stereocenters. The molecule has 8 heteroatoms. The predicted molar refractivity (Wildman–Crippen MR) is 129 cm³/mol. The lowest BCUT2D eigenvalue weighted by Gasteiger charge is -2.30. The first-order chi connectivity index (χ1) is 14.7. The molecule has 5 rings (SSSR count). The molecule has 0 saturated carbocycles. The minimum absolute atomic E-state index is 0.0110. The van der Waals surface area contributed by atoms with Crippen LogP contribution in [0.3, 0.4) is 0 Å². The molecule has 0 amide bonds. The Bertz CT molecular complexity index is 1020. The molecule has 2 aromatic heterocycles. The number of aromatic nitrogens is 1. The second-order valence-electron chi connectivity index (χ2n) is 7.25. The summed E-state index contributed by atoms with van der Waals surface area (Å²) in [6.45, 7) is 3.42. The standard InChI is InChI=1S/C22H21BrN4OS2/c23-19-9-8-18(30-19)21-20(17-3-1-2-10-24-17)25-22(29)27(21)16-6-4-15(5-7-16)26-11-13-28-14-12-26/h1-10,20-21H,11-14H2,(H,25,29)/t20-,21-/m0/s1. The van der Waals surface area contributed by atoms with Gasteiger partial charge in [0.2, 0.25) is 0 Å². The van der Waals surface area contributed by atoms with Gasteiger partial charge in [-0.15, -0.1) is 11.3 Å². The zero-order chi connectivity index (χ0) is 20.5. The summed E-state index contributed by atoms with van der Waals surface area (Å²) >= 11 is 11.1. The van der Waals surface area contributed by atoms with Crippen LogP contribution in [0.4, 0.5) is 11.4 Å². The van der Waals surface area contributed by atoms with Crippen molar-refractivity contribution in [2.45, 2.75) is 12.1 Å². The summed E-state index contributed by atoms with van der Waals surface area (Å²) in [4.78, 5) is 10.4. The Morgan fingerprint density at radius 3 is 2.47 bits per heavy atom. The fourth-order valence-electron chi connectivity index (χ4n) is 4.05. The third-order valence-electron chi connectivity index (χ3n) is 5.49. The van der Waals surface area contributed by atoms with E-state index >= 15 is 0 Å². The number of thiocarbonyl (C=S) groups is 1. The summed E-state index contributed by atoms with van der Waals surface area (Å²) in [5, 5.41) is 4.24. The Labute approximate surface area is 193 Å². The number of benzene rings is 1. The van der Waals surface area contributed by atoms with Gasteiger partial charge in [-0.05, 0) is 76.7 Å². The third-order valence-corrected chi connectivity index (χ3v) is 7.50. The highest BCUT2D eigenvalue weighted by Gasteiger charge is 2.41. The number of halogens is 1. The lowest BCUT2D eigenvalue weighted by molar-refractivity contribution is 0.122. The highest BCUT2D eigenvalue weighted by Crippen LogP contribution is 2.44. The summed E-state index contributed by atoms with van der Waals surface area (Å²) in [6.07, 6.45) is 1.83. The Balaban J connectivity index is 1.50. The SMILES string of the molecule is S=C1N[C@@H](c2ccccn2)[C@H](c2ccc(Br)s2)N1c1ccc(N2CCOCC2)cc1. The van der Waals surface area contributed by atoms with Gasteiger partial charge in [0.05, 0.1) is 34.8 Å². The van der Waals surface area contributed by atoms with E-state index in [2.05, 4.69) is 78.5 Å². The molecule has 0 radical (unpaired) electrons. The normalized spacial score (nSPS) is 21.7. The van der Waals surface area contributed by atoms with E-state index in [1.54, 1.807) is 11.3 Å². The molecule has 30 heavy (non-hydrogen) atoms. The van der Waals surface area contributed by atoms with Crippen molar-refractivity contribution in [1.82, 2.24) is 10.3 Å². The maximum atomic E-state index is 5.79. The zero-order valence-electron chi connectivity index (χ0n) is 16.2. The molecule has 2 saturated heterocycles. The molecule has 2 fully saturated rings. The fourth-order valence-corrected chi connectivity index (χ4v) is 5.95. The maximum absolute atomic E-state index is 5.79. The molecule has 1 N–H and O–H groups in total. The number of morpholine rings is 1. The summed E-state index contributed by atoms with van der Waals surface area (Å²) in [7, 11) is 0. The van der Waals surface area contributed by atoms with Gasteiger partial charge in [0.1, 0.15) is 0 Å². The number of ether oxygens (including phenoxy) is 1. The summed E-state index contributed by atoms with van der Waals surface area (Å²) in [5.74, 6) is 0. The van der Waals surface area contributed by atoms with Gasteiger partial charge in [0.15, 0.2) is 5.11 Å². The van der Waals surface area contributed by atoms with Gasteiger partial charge in [-0.1, -0.05) is 6.07 Å². The number of nitrogens with one attached hydrogen (secondary N) is 1. The predicted octanol–water partition coefficient (Wildman–Crippen LogP) is 4.92. The van der Waals surface area contributed by atoms with E-state index < -0.39 is 0 Å². The van der Waals surface area contributed by atoms with Gasteiger partial charge < -0.3 is 19.9 Å². The van der Waals surface area contributed by atoms with E-state index in [1.165, 1.54) is 10.6 Å². The van der Waals surface area contributed by atoms with Crippen LogP contribution in [0.25, 0.3) is 0 Å². The molecule has 5 nitrogen and oxygen atoms in total. The van der Waals surface area contributed by atoms with Gasteiger partial charge >= 0.3 is 0 Å². The molecule has 2 aliphatic heterocycles. The first-order valence-electron chi connectivity index (χ1n) is 9.89. The van der Waals surface area contributed by atoms with Gasteiger partial charge in [-0.2, -0.15) is 0 Å². The Morgan fingerprint density at radius 2 is 1.80 bits per heavy atom. The molecular weight excluding hydrogens is 480 g/mol. The van der Waals surface area contributed by atoms with Crippen molar-refractivity contribution < 1.29 is 4.74 Å². The third kappa shape index (κ3) is 3.85. The number of nitrogens with zero attached hydrogens (tertiary/aromatic N) is 3. The molecule has 154 valence electrons. The molecule has 1 aromatic carbocycles. The molecule has 0 aliphatic carbocycles. The topological polar surface area (TPSA) is 40.6 Å². The van der Waals surface area contributed by atoms with E-state index in [0.717, 1.165) is 46.6 Å².